The highest BCUT2D eigenvalue weighted by Crippen LogP contribution is 2.23. The number of aromatic amines is 1. The fraction of sp³-hybridized carbons (Fsp3) is 0.429. The summed E-state index contributed by atoms with van der Waals surface area (Å²) in [5.41, 5.74) is 8.41. The predicted octanol–water partition coefficient (Wildman–Crippen LogP) is 2.01. The Kier molecular flexibility index (Phi) is 3.58. The molecule has 1 unspecified atom stereocenters. The molecule has 106 valence electrons. The van der Waals surface area contributed by atoms with Gasteiger partial charge in [0.25, 0.3) is 5.91 Å². The SMILES string of the molecule is Cc1nc(-c2c[nH]c(C(=O)N3CCCC(N)C3)c2)cs1. The Balaban J connectivity index is 1.77. The molecular formula is C14H18N4OS. The average molecular weight is 290 g/mol. The Bertz CT molecular complexity index is 618. The maximum Gasteiger partial charge on any atom is 0.270 e. The van der Waals surface area contributed by atoms with Gasteiger partial charge in [-0.1, -0.05) is 0 Å². The summed E-state index contributed by atoms with van der Waals surface area (Å²) < 4.78 is 0. The molecule has 1 aliphatic heterocycles. The number of nitrogens with zero attached hydrogens (tertiary/aromatic N) is 2. The zero-order valence-electron chi connectivity index (χ0n) is 11.4. The number of hydrogen-bond donors (Lipinski definition) is 2. The van der Waals surface area contributed by atoms with Crippen LogP contribution in [0.15, 0.2) is 17.6 Å². The van der Waals surface area contributed by atoms with Crippen LogP contribution in [-0.2, 0) is 0 Å². The Morgan fingerprint density at radius 2 is 2.45 bits per heavy atom. The number of likely N-dealkylation sites (tertiary alicyclic amines) is 1. The van der Waals surface area contributed by atoms with Gasteiger partial charge in [0.2, 0.25) is 0 Å². The Morgan fingerprint density at radius 3 is 3.15 bits per heavy atom. The number of nitrogens with two attached hydrogens (primary N) is 1. The van der Waals surface area contributed by atoms with Crippen LogP contribution in [0.3, 0.4) is 0 Å². The Morgan fingerprint density at radius 1 is 1.60 bits per heavy atom. The number of aromatic nitrogens is 2. The number of thiazole rings is 1. The number of H-pyrrole nitrogens is 1. The zero-order chi connectivity index (χ0) is 14.1. The molecular weight excluding hydrogens is 272 g/mol. The molecule has 1 aliphatic rings. The van der Waals surface area contributed by atoms with E-state index in [2.05, 4.69) is 9.97 Å². The first-order chi connectivity index (χ1) is 9.63. The van der Waals surface area contributed by atoms with Gasteiger partial charge in [0.05, 0.1) is 10.7 Å². The van der Waals surface area contributed by atoms with Crippen molar-refractivity contribution in [2.24, 2.45) is 5.73 Å². The fourth-order valence-corrected chi connectivity index (χ4v) is 3.15. The van der Waals surface area contributed by atoms with Gasteiger partial charge in [0, 0.05) is 36.3 Å². The number of carbonyl (C=O) groups excluding carboxylic acids is 1. The smallest absolute Gasteiger partial charge is 0.270 e. The van der Waals surface area contributed by atoms with Crippen LogP contribution >= 0.6 is 11.3 Å². The minimum Gasteiger partial charge on any atom is -0.357 e. The molecule has 2 aromatic rings. The third-order valence-corrected chi connectivity index (χ3v) is 4.35. The van der Waals surface area contributed by atoms with E-state index in [0.717, 1.165) is 35.7 Å². The lowest BCUT2D eigenvalue weighted by molar-refractivity contribution is 0.0703. The van der Waals surface area contributed by atoms with E-state index in [1.807, 2.05) is 29.5 Å². The Labute approximate surface area is 121 Å². The molecule has 0 radical (unpaired) electrons. The highest BCUT2D eigenvalue weighted by molar-refractivity contribution is 7.09. The molecule has 3 N–H and O–H groups in total. The van der Waals surface area contributed by atoms with E-state index in [0.29, 0.717) is 12.2 Å². The standard InChI is InChI=1S/C14H18N4OS/c1-9-17-13(8-20-9)10-5-12(16-6-10)14(19)18-4-2-3-11(15)7-18/h5-6,8,11,16H,2-4,7,15H2,1H3. The number of nitrogens with one attached hydrogen (secondary N) is 1. The molecule has 0 aromatic carbocycles. The van der Waals surface area contributed by atoms with Crippen molar-refractivity contribution < 1.29 is 4.79 Å². The summed E-state index contributed by atoms with van der Waals surface area (Å²) in [6.07, 6.45) is 3.81. The second-order valence-electron chi connectivity index (χ2n) is 5.21. The molecule has 3 heterocycles. The molecule has 0 saturated carbocycles. The second kappa shape index (κ2) is 5.38. The van der Waals surface area contributed by atoms with E-state index < -0.39 is 0 Å². The van der Waals surface area contributed by atoms with Crippen molar-refractivity contribution in [1.29, 1.82) is 0 Å². The molecule has 5 nitrogen and oxygen atoms in total. The van der Waals surface area contributed by atoms with Crippen molar-refractivity contribution in [1.82, 2.24) is 14.9 Å². The van der Waals surface area contributed by atoms with Crippen LogP contribution in [-0.4, -0.2) is 39.9 Å². The number of carbonyl (C=O) groups is 1. The van der Waals surface area contributed by atoms with E-state index in [1.165, 1.54) is 0 Å². The minimum absolute atomic E-state index is 0.0263. The molecule has 3 rings (SSSR count). The van der Waals surface area contributed by atoms with Gasteiger partial charge in [-0.15, -0.1) is 11.3 Å². The first kappa shape index (κ1) is 13.3. The van der Waals surface area contributed by atoms with Crippen molar-refractivity contribution in [3.63, 3.8) is 0 Å². The molecule has 0 bridgehead atoms. The third-order valence-electron chi connectivity index (χ3n) is 3.57. The first-order valence-electron chi connectivity index (χ1n) is 6.79. The van der Waals surface area contributed by atoms with Gasteiger partial charge in [-0.05, 0) is 25.8 Å². The number of piperidine rings is 1. The zero-order valence-corrected chi connectivity index (χ0v) is 12.2. The van der Waals surface area contributed by atoms with E-state index in [4.69, 9.17) is 5.73 Å². The topological polar surface area (TPSA) is 75.0 Å². The maximum atomic E-state index is 12.4. The molecule has 2 aromatic heterocycles. The monoisotopic (exact) mass is 290 g/mol. The lowest BCUT2D eigenvalue weighted by Crippen LogP contribution is -2.45. The highest BCUT2D eigenvalue weighted by Gasteiger charge is 2.23. The Hall–Kier alpha value is -1.66. The van der Waals surface area contributed by atoms with E-state index in [9.17, 15) is 4.79 Å². The van der Waals surface area contributed by atoms with E-state index in [-0.39, 0.29) is 11.9 Å². The molecule has 1 atom stereocenters. The summed E-state index contributed by atoms with van der Waals surface area (Å²) >= 11 is 1.61. The maximum absolute atomic E-state index is 12.4. The number of hydrogen-bond acceptors (Lipinski definition) is 4. The molecule has 0 aliphatic carbocycles. The minimum atomic E-state index is 0.0263. The highest BCUT2D eigenvalue weighted by atomic mass is 32.1. The van der Waals surface area contributed by atoms with Crippen molar-refractivity contribution in [2.75, 3.05) is 13.1 Å². The summed E-state index contributed by atoms with van der Waals surface area (Å²) in [7, 11) is 0. The van der Waals surface area contributed by atoms with Crippen LogP contribution in [0.4, 0.5) is 0 Å². The fourth-order valence-electron chi connectivity index (χ4n) is 2.53. The second-order valence-corrected chi connectivity index (χ2v) is 6.27. The van der Waals surface area contributed by atoms with E-state index >= 15 is 0 Å². The van der Waals surface area contributed by atoms with E-state index in [1.54, 1.807) is 11.3 Å². The summed E-state index contributed by atoms with van der Waals surface area (Å²) in [5, 5.41) is 3.03. The normalized spacial score (nSPS) is 19.3. The predicted molar refractivity (Wildman–Crippen MR) is 79.8 cm³/mol. The lowest BCUT2D eigenvalue weighted by Gasteiger charge is -2.30. The van der Waals surface area contributed by atoms with Crippen LogP contribution < -0.4 is 5.73 Å². The first-order valence-corrected chi connectivity index (χ1v) is 7.67. The van der Waals surface area contributed by atoms with Gasteiger partial charge < -0.3 is 15.6 Å². The summed E-state index contributed by atoms with van der Waals surface area (Å²) in [6, 6.07) is 1.97. The third kappa shape index (κ3) is 2.62. The van der Waals surface area contributed by atoms with Gasteiger partial charge in [-0.2, -0.15) is 0 Å². The van der Waals surface area contributed by atoms with Crippen LogP contribution in [0.1, 0.15) is 28.3 Å². The van der Waals surface area contributed by atoms with Gasteiger partial charge >= 0.3 is 0 Å². The van der Waals surface area contributed by atoms with Gasteiger partial charge in [0.1, 0.15) is 5.69 Å². The van der Waals surface area contributed by atoms with Gasteiger partial charge in [-0.3, -0.25) is 4.79 Å². The van der Waals surface area contributed by atoms with Gasteiger partial charge in [0.15, 0.2) is 0 Å². The van der Waals surface area contributed by atoms with Crippen molar-refractivity contribution in [3.05, 3.63) is 28.3 Å². The molecule has 20 heavy (non-hydrogen) atoms. The summed E-state index contributed by atoms with van der Waals surface area (Å²) in [6.45, 7) is 3.40. The quantitative estimate of drug-likeness (QED) is 0.888. The molecule has 1 amide bonds. The van der Waals surface area contributed by atoms with Crippen LogP contribution in [0, 0.1) is 6.92 Å². The van der Waals surface area contributed by atoms with Crippen LogP contribution in [0.2, 0.25) is 0 Å². The molecule has 0 spiro atoms. The molecule has 1 fully saturated rings. The number of amides is 1. The average Bonchev–Trinajstić information content (AvgIpc) is 3.06. The van der Waals surface area contributed by atoms with Crippen molar-refractivity contribution in [2.45, 2.75) is 25.8 Å². The number of aryl methyl sites for hydroxylation is 1. The van der Waals surface area contributed by atoms with Crippen molar-refractivity contribution in [3.8, 4) is 11.3 Å². The van der Waals surface area contributed by atoms with Crippen molar-refractivity contribution >= 4 is 17.2 Å². The molecule has 6 heteroatoms. The largest absolute Gasteiger partial charge is 0.357 e. The summed E-state index contributed by atoms with van der Waals surface area (Å²) in [4.78, 5) is 21.7. The van der Waals surface area contributed by atoms with Gasteiger partial charge in [-0.25, -0.2) is 4.98 Å². The van der Waals surface area contributed by atoms with Crippen LogP contribution in [0.25, 0.3) is 11.3 Å². The van der Waals surface area contributed by atoms with Crippen LogP contribution in [0.5, 0.6) is 0 Å². The molecule has 1 saturated heterocycles. The lowest BCUT2D eigenvalue weighted by atomic mass is 10.1. The number of rotatable bonds is 2. The summed E-state index contributed by atoms with van der Waals surface area (Å²) in [5.74, 6) is 0.0263.